The molecular weight excluding hydrogens is 786 g/mol. The molecule has 0 heterocycles. The first-order chi connectivity index (χ1) is 25.5. The molecule has 0 fully saturated rings. The molecule has 0 unspecified atom stereocenters. The standard InChI is InChI=1S/2C22H14F3.C2H6Si.Zr/c2*23-22(24,25)21-12-5-4-10-19(21)18-11-6-9-16-13-17(14-20(16)18)15-7-2-1-3-8-15;1-3-2;/h2*1-14H;1-2H3;/q2*-1;;+2. The van der Waals surface area contributed by atoms with Crippen molar-refractivity contribution in [1.82, 2.24) is 0 Å². The molecule has 0 aliphatic heterocycles. The zero-order valence-corrected chi connectivity index (χ0v) is 32.9. The molecule has 8 heteroatoms. The van der Waals surface area contributed by atoms with Crippen LogP contribution in [0.3, 0.4) is 0 Å². The van der Waals surface area contributed by atoms with E-state index in [9.17, 15) is 26.3 Å². The van der Waals surface area contributed by atoms with E-state index in [0.717, 1.165) is 65.5 Å². The molecule has 0 atom stereocenters. The third-order valence-corrected chi connectivity index (χ3v) is 8.76. The van der Waals surface area contributed by atoms with E-state index in [0.29, 0.717) is 11.1 Å². The fraction of sp³-hybridized carbons (Fsp3) is 0.0870. The van der Waals surface area contributed by atoms with Crippen LogP contribution in [0.2, 0.25) is 13.1 Å². The quantitative estimate of drug-likeness (QED) is 0.0943. The Morgan fingerprint density at radius 1 is 0.407 bits per heavy atom. The summed E-state index contributed by atoms with van der Waals surface area (Å²) in [6, 6.07) is 50.1. The molecule has 54 heavy (non-hydrogen) atoms. The number of halogens is 6. The maximum Gasteiger partial charge on any atom is 2.00 e. The monoisotopic (exact) mass is 818 g/mol. The van der Waals surface area contributed by atoms with Gasteiger partial charge in [0.2, 0.25) is 0 Å². The molecule has 2 radical (unpaired) electrons. The second kappa shape index (κ2) is 17.6. The Balaban J connectivity index is 0.000000190. The number of fused-ring (bicyclic) bond motifs is 2. The molecule has 8 rings (SSSR count). The van der Waals surface area contributed by atoms with Crippen LogP contribution in [0.1, 0.15) is 11.1 Å². The van der Waals surface area contributed by atoms with E-state index >= 15 is 0 Å². The summed E-state index contributed by atoms with van der Waals surface area (Å²) in [5.74, 6) is 0. The van der Waals surface area contributed by atoms with Crippen molar-refractivity contribution in [1.29, 1.82) is 0 Å². The summed E-state index contributed by atoms with van der Waals surface area (Å²) in [4.78, 5) is 0. The molecular formula is C46H34F6SiZr. The first-order valence-electron chi connectivity index (χ1n) is 16.9. The fourth-order valence-corrected chi connectivity index (χ4v) is 6.46. The van der Waals surface area contributed by atoms with Gasteiger partial charge in [0.15, 0.2) is 0 Å². The van der Waals surface area contributed by atoms with Gasteiger partial charge in [0.25, 0.3) is 0 Å². The van der Waals surface area contributed by atoms with E-state index < -0.39 is 23.5 Å². The van der Waals surface area contributed by atoms with Crippen LogP contribution in [0.4, 0.5) is 26.3 Å². The van der Waals surface area contributed by atoms with Crippen molar-refractivity contribution in [3.05, 3.63) is 181 Å². The molecule has 268 valence electrons. The predicted octanol–water partition coefficient (Wildman–Crippen LogP) is 14.6. The SMILES string of the molecule is C[Si]C.FC(F)(F)c1ccccc1-c1cccc2[cH-]c(-c3ccccc3)cc12.FC(F)(F)c1ccccc1-c1cccc2[cH-]c(-c3ccccc3)cc12.[Zr+2]. The smallest absolute Gasteiger partial charge is 0.166 e. The summed E-state index contributed by atoms with van der Waals surface area (Å²) in [7, 11) is 1.08. The Bertz CT molecular complexity index is 2250. The molecule has 0 N–H and O–H groups in total. The first-order valence-corrected chi connectivity index (χ1v) is 18.9. The van der Waals surface area contributed by atoms with E-state index in [1.807, 2.05) is 97.1 Å². The number of alkyl halides is 6. The zero-order valence-electron chi connectivity index (χ0n) is 29.4. The molecule has 0 spiro atoms. The second-order valence-corrected chi connectivity index (χ2v) is 13.4. The zero-order chi connectivity index (χ0) is 37.6. The minimum Gasteiger partial charge on any atom is -0.166 e. The Morgan fingerprint density at radius 2 is 0.722 bits per heavy atom. The Hall–Kier alpha value is -4.78. The predicted molar refractivity (Wildman–Crippen MR) is 208 cm³/mol. The van der Waals surface area contributed by atoms with Crippen molar-refractivity contribution in [3.63, 3.8) is 0 Å². The maximum absolute atomic E-state index is 13.4. The van der Waals surface area contributed by atoms with Gasteiger partial charge in [0.05, 0.1) is 11.1 Å². The van der Waals surface area contributed by atoms with Crippen LogP contribution in [0.15, 0.2) is 170 Å². The minimum absolute atomic E-state index is 0. The summed E-state index contributed by atoms with van der Waals surface area (Å²) in [5.41, 5.74) is 4.54. The summed E-state index contributed by atoms with van der Waals surface area (Å²) in [6.45, 7) is 4.31. The van der Waals surface area contributed by atoms with Crippen LogP contribution in [-0.2, 0) is 38.6 Å². The van der Waals surface area contributed by atoms with Gasteiger partial charge in [0, 0.05) is 9.52 Å². The van der Waals surface area contributed by atoms with Gasteiger partial charge in [-0.15, -0.1) is 69.1 Å². The second-order valence-electron chi connectivity index (χ2n) is 12.4. The van der Waals surface area contributed by atoms with Crippen LogP contribution in [0, 0.1) is 0 Å². The van der Waals surface area contributed by atoms with Crippen molar-refractivity contribution in [2.24, 2.45) is 0 Å². The van der Waals surface area contributed by atoms with Gasteiger partial charge in [-0.25, -0.2) is 0 Å². The number of hydrogen-bond acceptors (Lipinski definition) is 0. The van der Waals surface area contributed by atoms with E-state index in [4.69, 9.17) is 0 Å². The van der Waals surface area contributed by atoms with Crippen LogP contribution in [0.5, 0.6) is 0 Å². The summed E-state index contributed by atoms with van der Waals surface area (Å²) >= 11 is 0. The van der Waals surface area contributed by atoms with Gasteiger partial charge in [-0.2, -0.15) is 26.3 Å². The van der Waals surface area contributed by atoms with E-state index in [2.05, 4.69) is 13.1 Å². The minimum atomic E-state index is -4.38. The molecule has 0 aliphatic carbocycles. The Labute approximate surface area is 332 Å². The summed E-state index contributed by atoms with van der Waals surface area (Å²) in [6.07, 6.45) is -8.76. The van der Waals surface area contributed by atoms with Crippen LogP contribution < -0.4 is 0 Å². The van der Waals surface area contributed by atoms with E-state index in [-0.39, 0.29) is 37.3 Å². The van der Waals surface area contributed by atoms with Crippen LogP contribution >= 0.6 is 0 Å². The third-order valence-electron chi connectivity index (χ3n) is 8.76. The molecule has 0 aromatic heterocycles. The third kappa shape index (κ3) is 9.11. The van der Waals surface area contributed by atoms with E-state index in [1.54, 1.807) is 36.4 Å². The molecule has 0 amide bonds. The number of rotatable bonds is 4. The molecule has 0 nitrogen and oxygen atoms in total. The van der Waals surface area contributed by atoms with Crippen molar-refractivity contribution in [3.8, 4) is 44.5 Å². The molecule has 8 aromatic carbocycles. The van der Waals surface area contributed by atoms with Crippen molar-refractivity contribution in [2.75, 3.05) is 0 Å². The van der Waals surface area contributed by atoms with Crippen molar-refractivity contribution in [2.45, 2.75) is 25.4 Å². The van der Waals surface area contributed by atoms with Crippen molar-refractivity contribution < 1.29 is 52.5 Å². The van der Waals surface area contributed by atoms with Gasteiger partial charge in [-0.1, -0.05) is 157 Å². The van der Waals surface area contributed by atoms with Crippen LogP contribution in [0.25, 0.3) is 66.1 Å². The first kappa shape index (κ1) is 40.4. The average molecular weight is 820 g/mol. The fourth-order valence-electron chi connectivity index (χ4n) is 6.46. The number of benzene rings is 6. The van der Waals surface area contributed by atoms with Gasteiger partial charge in [-0.3, -0.25) is 0 Å². The van der Waals surface area contributed by atoms with Gasteiger partial charge >= 0.3 is 38.6 Å². The van der Waals surface area contributed by atoms with Gasteiger partial charge < -0.3 is 0 Å². The molecule has 0 saturated carbocycles. The topological polar surface area (TPSA) is 0 Å². The molecule has 0 saturated heterocycles. The largest absolute Gasteiger partial charge is 2.00 e. The van der Waals surface area contributed by atoms with Gasteiger partial charge in [-0.05, 0) is 23.3 Å². The maximum atomic E-state index is 13.4. The number of hydrogen-bond donors (Lipinski definition) is 0. The van der Waals surface area contributed by atoms with Crippen LogP contribution in [-0.4, -0.2) is 9.52 Å². The molecule has 8 aromatic rings. The Kier molecular flexibility index (Phi) is 13.1. The van der Waals surface area contributed by atoms with Gasteiger partial charge in [0.1, 0.15) is 0 Å². The molecule has 0 aliphatic rings. The Morgan fingerprint density at radius 3 is 1.07 bits per heavy atom. The van der Waals surface area contributed by atoms with E-state index in [1.165, 1.54) is 24.3 Å². The summed E-state index contributed by atoms with van der Waals surface area (Å²) < 4.78 is 80.4. The van der Waals surface area contributed by atoms with Crippen molar-refractivity contribution >= 4 is 31.1 Å². The average Bonchev–Trinajstić information content (AvgIpc) is 3.81. The normalized spacial score (nSPS) is 11.3. The molecule has 0 bridgehead atoms. The summed E-state index contributed by atoms with van der Waals surface area (Å²) in [5, 5.41) is 3.54.